The second kappa shape index (κ2) is 5.86. The molecule has 4 N–H and O–H groups in total. The van der Waals surface area contributed by atoms with Crippen LogP contribution in [-0.2, 0) is 0 Å². The maximum Gasteiger partial charge on any atom is 0.0861 e. The van der Waals surface area contributed by atoms with E-state index in [2.05, 4.69) is 20.8 Å². The van der Waals surface area contributed by atoms with Crippen molar-refractivity contribution in [1.82, 2.24) is 0 Å². The van der Waals surface area contributed by atoms with Crippen LogP contribution in [0.3, 0.4) is 0 Å². The van der Waals surface area contributed by atoms with Gasteiger partial charge in [0.25, 0.3) is 0 Å². The van der Waals surface area contributed by atoms with Crippen LogP contribution >= 0.6 is 11.8 Å². The lowest BCUT2D eigenvalue weighted by atomic mass is 9.89. The summed E-state index contributed by atoms with van der Waals surface area (Å²) in [5, 5.41) is 17.6. The van der Waals surface area contributed by atoms with Gasteiger partial charge in [0.05, 0.1) is 12.7 Å². The molecule has 0 radical (unpaired) electrons. The van der Waals surface area contributed by atoms with Gasteiger partial charge in [0, 0.05) is 17.5 Å². The molecule has 0 amide bonds. The first-order valence-corrected chi connectivity index (χ1v) is 5.65. The Bertz CT molecular complexity index is 136. The zero-order chi connectivity index (χ0) is 10.5. The van der Waals surface area contributed by atoms with E-state index in [0.717, 1.165) is 5.75 Å². The van der Waals surface area contributed by atoms with Gasteiger partial charge in [0.15, 0.2) is 0 Å². The fraction of sp³-hybridized carbons (Fsp3) is 1.00. The van der Waals surface area contributed by atoms with Crippen molar-refractivity contribution < 1.29 is 10.2 Å². The summed E-state index contributed by atoms with van der Waals surface area (Å²) in [5.41, 5.74) is 6.02. The summed E-state index contributed by atoms with van der Waals surface area (Å²) in [5.74, 6) is 1.38. The Kier molecular flexibility index (Phi) is 5.96. The second-order valence-electron chi connectivity index (χ2n) is 4.35. The van der Waals surface area contributed by atoms with Crippen LogP contribution in [0, 0.1) is 5.41 Å². The van der Waals surface area contributed by atoms with Gasteiger partial charge in [-0.25, -0.2) is 0 Å². The molecule has 3 nitrogen and oxygen atoms in total. The summed E-state index contributed by atoms with van der Waals surface area (Å²) in [7, 11) is 0. The SMILES string of the molecule is CC(C)(C)C(N)CSCC(O)CO. The first-order valence-electron chi connectivity index (χ1n) is 4.50. The Balaban J connectivity index is 3.54. The summed E-state index contributed by atoms with van der Waals surface area (Å²) in [6.07, 6.45) is -0.614. The molecule has 0 aliphatic carbocycles. The molecule has 2 atom stereocenters. The largest absolute Gasteiger partial charge is 0.394 e. The maximum absolute atomic E-state index is 9.06. The van der Waals surface area contributed by atoms with E-state index in [1.165, 1.54) is 0 Å². The average molecular weight is 207 g/mol. The highest BCUT2D eigenvalue weighted by Crippen LogP contribution is 2.20. The zero-order valence-electron chi connectivity index (χ0n) is 8.66. The smallest absolute Gasteiger partial charge is 0.0861 e. The highest BCUT2D eigenvalue weighted by Gasteiger charge is 2.20. The molecule has 0 rings (SSSR count). The minimum Gasteiger partial charge on any atom is -0.394 e. The first kappa shape index (κ1) is 13.2. The lowest BCUT2D eigenvalue weighted by Gasteiger charge is -2.26. The number of aliphatic hydroxyl groups excluding tert-OH is 2. The molecule has 2 unspecified atom stereocenters. The molecule has 0 saturated heterocycles. The number of hydrogen-bond donors (Lipinski definition) is 3. The van der Waals surface area contributed by atoms with E-state index in [0.29, 0.717) is 5.75 Å². The van der Waals surface area contributed by atoms with Crippen molar-refractivity contribution in [3.8, 4) is 0 Å². The standard InChI is InChI=1S/C9H21NO2S/c1-9(2,3)8(10)6-13-5-7(12)4-11/h7-8,11-12H,4-6,10H2,1-3H3. The van der Waals surface area contributed by atoms with Gasteiger partial charge in [-0.05, 0) is 5.41 Å². The molecule has 0 saturated carbocycles. The molecule has 13 heavy (non-hydrogen) atoms. The molecule has 0 bridgehead atoms. The van der Waals surface area contributed by atoms with Gasteiger partial charge in [-0.3, -0.25) is 0 Å². The lowest BCUT2D eigenvalue weighted by molar-refractivity contribution is 0.113. The fourth-order valence-electron chi connectivity index (χ4n) is 0.634. The van der Waals surface area contributed by atoms with Crippen LogP contribution in [0.1, 0.15) is 20.8 Å². The molecule has 0 aromatic rings. The molecular weight excluding hydrogens is 186 g/mol. The van der Waals surface area contributed by atoms with Gasteiger partial charge in [-0.15, -0.1) is 0 Å². The van der Waals surface area contributed by atoms with E-state index in [9.17, 15) is 0 Å². The fourth-order valence-corrected chi connectivity index (χ4v) is 1.90. The normalized spacial score (nSPS) is 17.1. The molecule has 0 spiro atoms. The Labute approximate surface area is 84.7 Å². The van der Waals surface area contributed by atoms with Crippen molar-refractivity contribution in [1.29, 1.82) is 0 Å². The molecule has 0 fully saturated rings. The van der Waals surface area contributed by atoms with Gasteiger partial charge >= 0.3 is 0 Å². The predicted molar refractivity (Wildman–Crippen MR) is 57.8 cm³/mol. The van der Waals surface area contributed by atoms with Crippen LogP contribution in [0.4, 0.5) is 0 Å². The predicted octanol–water partition coefficient (Wildman–Crippen LogP) is 0.446. The third-order valence-electron chi connectivity index (χ3n) is 1.93. The van der Waals surface area contributed by atoms with Crippen LogP contribution in [-0.4, -0.2) is 40.5 Å². The Morgan fingerprint density at radius 2 is 1.85 bits per heavy atom. The van der Waals surface area contributed by atoms with Crippen LogP contribution < -0.4 is 5.73 Å². The first-order chi connectivity index (χ1) is 5.88. The van der Waals surface area contributed by atoms with E-state index in [1.807, 2.05) is 0 Å². The zero-order valence-corrected chi connectivity index (χ0v) is 9.47. The van der Waals surface area contributed by atoms with E-state index in [1.54, 1.807) is 11.8 Å². The van der Waals surface area contributed by atoms with E-state index < -0.39 is 6.10 Å². The monoisotopic (exact) mass is 207 g/mol. The Morgan fingerprint density at radius 3 is 2.23 bits per heavy atom. The summed E-state index contributed by atoms with van der Waals surface area (Å²) in [4.78, 5) is 0. The van der Waals surface area contributed by atoms with Gasteiger partial charge in [-0.1, -0.05) is 20.8 Å². The highest BCUT2D eigenvalue weighted by molar-refractivity contribution is 7.99. The molecule has 80 valence electrons. The number of thioether (sulfide) groups is 1. The van der Waals surface area contributed by atoms with Crippen molar-refractivity contribution >= 4 is 11.8 Å². The van der Waals surface area contributed by atoms with Gasteiger partial charge in [-0.2, -0.15) is 11.8 Å². The lowest BCUT2D eigenvalue weighted by Crippen LogP contribution is -2.37. The summed E-state index contributed by atoms with van der Waals surface area (Å²) in [6, 6.07) is 0.128. The van der Waals surface area contributed by atoms with Gasteiger partial charge in [0.2, 0.25) is 0 Å². The Hall–Kier alpha value is 0.230. The highest BCUT2D eigenvalue weighted by atomic mass is 32.2. The van der Waals surface area contributed by atoms with Crippen LogP contribution in [0.5, 0.6) is 0 Å². The third kappa shape index (κ3) is 6.32. The molecule has 0 aliphatic heterocycles. The summed E-state index contributed by atoms with van der Waals surface area (Å²) >= 11 is 1.59. The van der Waals surface area contributed by atoms with Crippen molar-refractivity contribution in [3.05, 3.63) is 0 Å². The minimum absolute atomic E-state index is 0.108. The summed E-state index contributed by atoms with van der Waals surface area (Å²) < 4.78 is 0. The molecular formula is C9H21NO2S. The topological polar surface area (TPSA) is 66.5 Å². The quantitative estimate of drug-likeness (QED) is 0.612. The van der Waals surface area contributed by atoms with Crippen molar-refractivity contribution in [3.63, 3.8) is 0 Å². The Morgan fingerprint density at radius 1 is 1.31 bits per heavy atom. The maximum atomic E-state index is 9.06. The van der Waals surface area contributed by atoms with E-state index >= 15 is 0 Å². The third-order valence-corrected chi connectivity index (χ3v) is 3.15. The van der Waals surface area contributed by atoms with E-state index in [4.69, 9.17) is 15.9 Å². The summed E-state index contributed by atoms with van der Waals surface area (Å²) in [6.45, 7) is 6.12. The molecule has 0 aromatic carbocycles. The van der Waals surface area contributed by atoms with E-state index in [-0.39, 0.29) is 18.1 Å². The van der Waals surface area contributed by atoms with Gasteiger partial charge < -0.3 is 15.9 Å². The second-order valence-corrected chi connectivity index (χ2v) is 5.42. The van der Waals surface area contributed by atoms with Gasteiger partial charge in [0.1, 0.15) is 0 Å². The molecule has 0 aliphatic rings. The van der Waals surface area contributed by atoms with Crippen molar-refractivity contribution in [2.24, 2.45) is 11.1 Å². The number of aliphatic hydroxyl groups is 2. The van der Waals surface area contributed by atoms with Crippen molar-refractivity contribution in [2.75, 3.05) is 18.1 Å². The molecule has 0 aromatic heterocycles. The molecule has 4 heteroatoms. The average Bonchev–Trinajstić information content (AvgIpc) is 2.02. The minimum atomic E-state index is -0.614. The number of nitrogens with two attached hydrogens (primary N) is 1. The van der Waals surface area contributed by atoms with Crippen LogP contribution in [0.2, 0.25) is 0 Å². The number of hydrogen-bond acceptors (Lipinski definition) is 4. The number of rotatable bonds is 5. The van der Waals surface area contributed by atoms with Crippen LogP contribution in [0.15, 0.2) is 0 Å². The van der Waals surface area contributed by atoms with Crippen LogP contribution in [0.25, 0.3) is 0 Å². The van der Waals surface area contributed by atoms with Crippen molar-refractivity contribution in [2.45, 2.75) is 32.9 Å². The molecule has 0 heterocycles.